The maximum absolute atomic E-state index is 9.40. The maximum Gasteiger partial charge on any atom is 0.0701 e. The fraction of sp³-hybridized carbons (Fsp3) is 0.600. The van der Waals surface area contributed by atoms with Crippen molar-refractivity contribution in [3.63, 3.8) is 0 Å². The van der Waals surface area contributed by atoms with E-state index in [1.165, 1.54) is 4.88 Å². The molecule has 1 unspecified atom stereocenters. The van der Waals surface area contributed by atoms with Gasteiger partial charge in [-0.25, -0.2) is 0 Å². The molecule has 14 heavy (non-hydrogen) atoms. The van der Waals surface area contributed by atoms with Crippen LogP contribution in [-0.2, 0) is 11.2 Å². The van der Waals surface area contributed by atoms with Crippen molar-refractivity contribution in [3.05, 3.63) is 20.8 Å². The van der Waals surface area contributed by atoms with Crippen LogP contribution in [0, 0.1) is 5.41 Å². The summed E-state index contributed by atoms with van der Waals surface area (Å²) in [4.78, 5) is 1.32. The molecule has 1 aromatic heterocycles. The Balaban J connectivity index is 2.08. The minimum Gasteiger partial charge on any atom is -0.396 e. The highest BCUT2D eigenvalue weighted by molar-refractivity contribution is 9.11. The molecule has 1 aromatic rings. The first kappa shape index (κ1) is 10.6. The van der Waals surface area contributed by atoms with Crippen molar-refractivity contribution < 1.29 is 9.84 Å². The molecule has 0 saturated carbocycles. The summed E-state index contributed by atoms with van der Waals surface area (Å²) in [7, 11) is 0. The summed E-state index contributed by atoms with van der Waals surface area (Å²) < 4.78 is 6.52. The summed E-state index contributed by atoms with van der Waals surface area (Å²) in [6.45, 7) is 1.70. The number of rotatable bonds is 3. The zero-order valence-electron chi connectivity index (χ0n) is 7.83. The Labute approximate surface area is 96.0 Å². The van der Waals surface area contributed by atoms with E-state index >= 15 is 0 Å². The molecular weight excluding hydrogens is 264 g/mol. The molecule has 0 spiro atoms. The van der Waals surface area contributed by atoms with Gasteiger partial charge in [0.25, 0.3) is 0 Å². The van der Waals surface area contributed by atoms with Gasteiger partial charge in [0.2, 0.25) is 0 Å². The molecule has 0 aliphatic carbocycles. The summed E-state index contributed by atoms with van der Waals surface area (Å²) in [6, 6.07) is 4.17. The molecule has 1 aliphatic rings. The Morgan fingerprint density at radius 1 is 1.57 bits per heavy atom. The third-order valence-corrected chi connectivity index (χ3v) is 4.32. The van der Waals surface area contributed by atoms with E-state index in [0.29, 0.717) is 6.61 Å². The van der Waals surface area contributed by atoms with E-state index in [4.69, 9.17) is 4.74 Å². The molecular formula is C10H13BrO2S. The van der Waals surface area contributed by atoms with Gasteiger partial charge < -0.3 is 9.84 Å². The summed E-state index contributed by atoms with van der Waals surface area (Å²) in [5.41, 5.74) is -0.0235. The van der Waals surface area contributed by atoms with E-state index in [1.54, 1.807) is 11.3 Å². The molecule has 0 amide bonds. The minimum absolute atomic E-state index is 0.0235. The zero-order chi connectivity index (χ0) is 10.0. The quantitative estimate of drug-likeness (QED) is 0.919. The maximum atomic E-state index is 9.40. The Morgan fingerprint density at radius 3 is 2.93 bits per heavy atom. The minimum atomic E-state index is -0.0235. The van der Waals surface area contributed by atoms with Gasteiger partial charge in [0.15, 0.2) is 0 Å². The summed E-state index contributed by atoms with van der Waals surface area (Å²) in [5.74, 6) is 0. The van der Waals surface area contributed by atoms with Gasteiger partial charge in [-0.2, -0.15) is 0 Å². The lowest BCUT2D eigenvalue weighted by molar-refractivity contribution is 0.0941. The summed E-state index contributed by atoms with van der Waals surface area (Å²) in [6.07, 6.45) is 1.90. The largest absolute Gasteiger partial charge is 0.396 e. The topological polar surface area (TPSA) is 29.5 Å². The summed E-state index contributed by atoms with van der Waals surface area (Å²) in [5, 5.41) is 9.40. The number of halogens is 1. The first-order valence-corrected chi connectivity index (χ1v) is 6.28. The van der Waals surface area contributed by atoms with Crippen LogP contribution in [0.1, 0.15) is 11.3 Å². The van der Waals surface area contributed by atoms with Gasteiger partial charge in [-0.1, -0.05) is 0 Å². The zero-order valence-corrected chi connectivity index (χ0v) is 10.2. The molecule has 2 rings (SSSR count). The average Bonchev–Trinajstić information content (AvgIpc) is 2.77. The van der Waals surface area contributed by atoms with Crippen LogP contribution in [0.3, 0.4) is 0 Å². The van der Waals surface area contributed by atoms with Crippen molar-refractivity contribution in [1.82, 2.24) is 0 Å². The van der Waals surface area contributed by atoms with E-state index in [2.05, 4.69) is 28.1 Å². The van der Waals surface area contributed by atoms with Crippen molar-refractivity contribution in [3.8, 4) is 0 Å². The molecule has 4 heteroatoms. The lowest BCUT2D eigenvalue weighted by Gasteiger charge is -2.23. The fourth-order valence-electron chi connectivity index (χ4n) is 1.79. The normalized spacial score (nSPS) is 27.0. The second kappa shape index (κ2) is 4.31. The molecule has 1 atom stereocenters. The Kier molecular flexibility index (Phi) is 3.27. The highest BCUT2D eigenvalue weighted by atomic mass is 79.9. The molecule has 0 aromatic carbocycles. The van der Waals surface area contributed by atoms with E-state index < -0.39 is 0 Å². The van der Waals surface area contributed by atoms with Crippen LogP contribution >= 0.6 is 27.3 Å². The number of thiophene rings is 1. The van der Waals surface area contributed by atoms with Gasteiger partial charge in [-0.05, 0) is 40.9 Å². The first-order chi connectivity index (χ1) is 6.74. The summed E-state index contributed by atoms with van der Waals surface area (Å²) >= 11 is 5.18. The monoisotopic (exact) mass is 276 g/mol. The smallest absolute Gasteiger partial charge is 0.0701 e. The van der Waals surface area contributed by atoms with Crippen molar-refractivity contribution >= 4 is 27.3 Å². The van der Waals surface area contributed by atoms with Crippen molar-refractivity contribution in [1.29, 1.82) is 0 Å². The average molecular weight is 277 g/mol. The Morgan fingerprint density at radius 2 is 2.43 bits per heavy atom. The third kappa shape index (κ3) is 2.19. The van der Waals surface area contributed by atoms with Gasteiger partial charge in [0.1, 0.15) is 0 Å². The third-order valence-electron chi connectivity index (χ3n) is 2.70. The van der Waals surface area contributed by atoms with Crippen LogP contribution in [0.4, 0.5) is 0 Å². The lowest BCUT2D eigenvalue weighted by atomic mass is 9.84. The molecule has 1 N–H and O–H groups in total. The van der Waals surface area contributed by atoms with Crippen LogP contribution < -0.4 is 0 Å². The number of hydrogen-bond acceptors (Lipinski definition) is 3. The van der Waals surface area contributed by atoms with Crippen molar-refractivity contribution in [2.75, 3.05) is 19.8 Å². The molecule has 1 fully saturated rings. The number of ether oxygens (including phenoxy) is 1. The van der Waals surface area contributed by atoms with E-state index in [0.717, 1.165) is 23.2 Å². The second-order valence-electron chi connectivity index (χ2n) is 3.84. The van der Waals surface area contributed by atoms with Crippen LogP contribution in [0.15, 0.2) is 15.9 Å². The van der Waals surface area contributed by atoms with Crippen LogP contribution in [0.5, 0.6) is 0 Å². The second-order valence-corrected chi connectivity index (χ2v) is 6.39. The van der Waals surface area contributed by atoms with Gasteiger partial charge in [0, 0.05) is 16.9 Å². The predicted molar refractivity (Wildman–Crippen MR) is 60.7 cm³/mol. The lowest BCUT2D eigenvalue weighted by Crippen LogP contribution is -2.28. The van der Waals surface area contributed by atoms with Gasteiger partial charge in [-0.3, -0.25) is 0 Å². The highest BCUT2D eigenvalue weighted by Gasteiger charge is 2.34. The van der Waals surface area contributed by atoms with Crippen molar-refractivity contribution in [2.24, 2.45) is 5.41 Å². The van der Waals surface area contributed by atoms with E-state index in [9.17, 15) is 5.11 Å². The molecule has 1 aliphatic heterocycles. The standard InChI is InChI=1S/C10H13BrO2S/c11-9-2-1-8(14-9)5-10(6-12)3-4-13-7-10/h1-2,12H,3-7H2. The predicted octanol–water partition coefficient (Wildman–Crippen LogP) is 2.45. The van der Waals surface area contributed by atoms with E-state index in [1.807, 2.05) is 0 Å². The molecule has 0 bridgehead atoms. The van der Waals surface area contributed by atoms with Crippen LogP contribution in [0.2, 0.25) is 0 Å². The van der Waals surface area contributed by atoms with Gasteiger partial charge in [0.05, 0.1) is 17.0 Å². The van der Waals surface area contributed by atoms with Crippen LogP contribution in [0.25, 0.3) is 0 Å². The molecule has 2 nitrogen and oxygen atoms in total. The molecule has 78 valence electrons. The fourth-order valence-corrected chi connectivity index (χ4v) is 3.44. The number of aliphatic hydroxyl groups excluding tert-OH is 1. The van der Waals surface area contributed by atoms with Gasteiger partial charge in [-0.15, -0.1) is 11.3 Å². The number of hydrogen-bond donors (Lipinski definition) is 1. The number of aliphatic hydroxyl groups is 1. The molecule has 0 radical (unpaired) electrons. The SMILES string of the molecule is OCC1(Cc2ccc(Br)s2)CCOC1. The van der Waals surface area contributed by atoms with Crippen molar-refractivity contribution in [2.45, 2.75) is 12.8 Å². The Bertz CT molecular complexity index is 305. The van der Waals surface area contributed by atoms with E-state index in [-0.39, 0.29) is 12.0 Å². The molecule has 1 saturated heterocycles. The Hall–Kier alpha value is 0.1000. The molecule has 2 heterocycles. The van der Waals surface area contributed by atoms with Crippen LogP contribution in [-0.4, -0.2) is 24.9 Å². The first-order valence-electron chi connectivity index (χ1n) is 4.67. The highest BCUT2D eigenvalue weighted by Crippen LogP contribution is 2.35. The van der Waals surface area contributed by atoms with Gasteiger partial charge >= 0.3 is 0 Å².